The first kappa shape index (κ1) is 12.1. The van der Waals surface area contributed by atoms with Crippen molar-refractivity contribution in [1.29, 1.82) is 0 Å². The Morgan fingerprint density at radius 2 is 2.20 bits per heavy atom. The van der Waals surface area contributed by atoms with Crippen molar-refractivity contribution in [2.75, 3.05) is 6.61 Å². The van der Waals surface area contributed by atoms with Crippen LogP contribution in [0.3, 0.4) is 0 Å². The predicted molar refractivity (Wildman–Crippen MR) is 62.6 cm³/mol. The summed E-state index contributed by atoms with van der Waals surface area (Å²) < 4.78 is 6.90. The lowest BCUT2D eigenvalue weighted by molar-refractivity contribution is 0.0840. The van der Waals surface area contributed by atoms with Crippen LogP contribution in [-0.2, 0) is 11.5 Å². The van der Waals surface area contributed by atoms with Crippen LogP contribution in [0, 0.1) is 0 Å². The first-order valence-electron chi connectivity index (χ1n) is 5.07. The summed E-state index contributed by atoms with van der Waals surface area (Å²) in [6.45, 7) is 7.92. The van der Waals surface area contributed by atoms with Crippen molar-refractivity contribution in [1.82, 2.24) is 9.55 Å². The fraction of sp³-hybridized carbons (Fsp3) is 0.600. The molecule has 15 heavy (non-hydrogen) atoms. The van der Waals surface area contributed by atoms with Gasteiger partial charge in [-0.3, -0.25) is 9.36 Å². The average Bonchev–Trinajstić information content (AvgIpc) is 2.13. The Labute approximate surface area is 90.9 Å². The van der Waals surface area contributed by atoms with Crippen LogP contribution in [0.4, 0.5) is 0 Å². The molecule has 1 aromatic heterocycles. The number of rotatable bonds is 5. The molecule has 0 saturated heterocycles. The van der Waals surface area contributed by atoms with Gasteiger partial charge in [-0.05, 0) is 6.04 Å². The van der Waals surface area contributed by atoms with Gasteiger partial charge in [-0.25, -0.2) is 4.98 Å². The van der Waals surface area contributed by atoms with Crippen LogP contribution in [-0.4, -0.2) is 24.2 Å². The van der Waals surface area contributed by atoms with Crippen molar-refractivity contribution in [3.63, 3.8) is 0 Å². The van der Waals surface area contributed by atoms with E-state index in [2.05, 4.69) is 24.6 Å². The highest BCUT2D eigenvalue weighted by molar-refractivity contribution is 6.76. The molecule has 0 radical (unpaired) electrons. The van der Waals surface area contributed by atoms with Gasteiger partial charge in [0.25, 0.3) is 5.56 Å². The molecule has 0 unspecified atom stereocenters. The van der Waals surface area contributed by atoms with Gasteiger partial charge in [0.2, 0.25) is 0 Å². The normalized spacial score (nSPS) is 11.7. The van der Waals surface area contributed by atoms with Crippen molar-refractivity contribution in [3.8, 4) is 0 Å². The van der Waals surface area contributed by atoms with E-state index in [9.17, 15) is 4.79 Å². The lowest BCUT2D eigenvalue weighted by atomic mass is 10.6. The SMILES string of the molecule is C[Si](C)(C)CCOCn1cnccc1=O. The molecular formula is C10H18N2O2Si. The van der Waals surface area contributed by atoms with E-state index in [1.165, 1.54) is 23.2 Å². The van der Waals surface area contributed by atoms with Crippen molar-refractivity contribution in [2.45, 2.75) is 32.4 Å². The lowest BCUT2D eigenvalue weighted by Gasteiger charge is -2.15. The molecule has 0 aliphatic rings. The van der Waals surface area contributed by atoms with Crippen LogP contribution in [0.5, 0.6) is 0 Å². The Morgan fingerprint density at radius 3 is 2.80 bits per heavy atom. The molecular weight excluding hydrogens is 208 g/mol. The molecule has 1 heterocycles. The zero-order chi connectivity index (χ0) is 11.3. The minimum absolute atomic E-state index is 0.0713. The molecule has 5 heteroatoms. The van der Waals surface area contributed by atoms with E-state index in [1.54, 1.807) is 0 Å². The van der Waals surface area contributed by atoms with Crippen molar-refractivity contribution in [2.24, 2.45) is 0 Å². The molecule has 0 atom stereocenters. The summed E-state index contributed by atoms with van der Waals surface area (Å²) in [5.74, 6) is 0. The van der Waals surface area contributed by atoms with Gasteiger partial charge in [-0.15, -0.1) is 0 Å². The summed E-state index contributed by atoms with van der Waals surface area (Å²) >= 11 is 0. The third-order valence-electron chi connectivity index (χ3n) is 2.02. The topological polar surface area (TPSA) is 44.1 Å². The molecule has 0 spiro atoms. The summed E-state index contributed by atoms with van der Waals surface area (Å²) in [6.07, 6.45) is 2.98. The molecule has 0 aliphatic carbocycles. The third-order valence-corrected chi connectivity index (χ3v) is 3.72. The van der Waals surface area contributed by atoms with Gasteiger partial charge in [-0.2, -0.15) is 0 Å². The molecule has 84 valence electrons. The highest BCUT2D eigenvalue weighted by atomic mass is 28.3. The first-order valence-corrected chi connectivity index (χ1v) is 8.78. The zero-order valence-corrected chi connectivity index (χ0v) is 10.6. The van der Waals surface area contributed by atoms with Gasteiger partial charge < -0.3 is 4.74 Å². The largest absolute Gasteiger partial charge is 0.361 e. The summed E-state index contributed by atoms with van der Waals surface area (Å²) in [7, 11) is -1.04. The molecule has 1 aromatic rings. The van der Waals surface area contributed by atoms with E-state index in [1.807, 2.05) is 0 Å². The second-order valence-electron chi connectivity index (χ2n) is 4.74. The Balaban J connectivity index is 2.33. The first-order chi connectivity index (χ1) is 6.99. The van der Waals surface area contributed by atoms with Gasteiger partial charge in [0.1, 0.15) is 6.73 Å². The van der Waals surface area contributed by atoms with E-state index in [4.69, 9.17) is 4.74 Å². The maximum Gasteiger partial charge on any atom is 0.255 e. The molecule has 0 bridgehead atoms. The Morgan fingerprint density at radius 1 is 1.47 bits per heavy atom. The van der Waals surface area contributed by atoms with Gasteiger partial charge in [0.05, 0.1) is 6.33 Å². The maximum absolute atomic E-state index is 11.3. The summed E-state index contributed by atoms with van der Waals surface area (Å²) in [5.41, 5.74) is -0.0713. The second-order valence-corrected chi connectivity index (χ2v) is 10.4. The van der Waals surface area contributed by atoms with Crippen LogP contribution in [0.25, 0.3) is 0 Å². The molecule has 0 N–H and O–H groups in total. The van der Waals surface area contributed by atoms with Crippen LogP contribution in [0.1, 0.15) is 0 Å². The number of hydrogen-bond acceptors (Lipinski definition) is 3. The zero-order valence-electron chi connectivity index (χ0n) is 9.56. The fourth-order valence-electron chi connectivity index (χ4n) is 1.02. The van der Waals surface area contributed by atoms with Crippen LogP contribution >= 0.6 is 0 Å². The van der Waals surface area contributed by atoms with E-state index in [-0.39, 0.29) is 5.56 Å². The van der Waals surface area contributed by atoms with Crippen molar-refractivity contribution < 1.29 is 4.74 Å². The van der Waals surface area contributed by atoms with Crippen LogP contribution in [0.15, 0.2) is 23.4 Å². The van der Waals surface area contributed by atoms with Crippen LogP contribution in [0.2, 0.25) is 25.7 Å². The number of aromatic nitrogens is 2. The van der Waals surface area contributed by atoms with E-state index < -0.39 is 8.07 Å². The summed E-state index contributed by atoms with van der Waals surface area (Å²) in [4.78, 5) is 15.1. The maximum atomic E-state index is 11.3. The average molecular weight is 226 g/mol. The summed E-state index contributed by atoms with van der Waals surface area (Å²) in [6, 6.07) is 2.55. The molecule has 0 aliphatic heterocycles. The highest BCUT2D eigenvalue weighted by Crippen LogP contribution is 2.07. The van der Waals surface area contributed by atoms with E-state index in [0.29, 0.717) is 6.73 Å². The van der Waals surface area contributed by atoms with Gasteiger partial charge in [-0.1, -0.05) is 19.6 Å². The van der Waals surface area contributed by atoms with Gasteiger partial charge in [0, 0.05) is 26.9 Å². The monoisotopic (exact) mass is 226 g/mol. The molecule has 1 rings (SSSR count). The van der Waals surface area contributed by atoms with Gasteiger partial charge >= 0.3 is 0 Å². The fourth-order valence-corrected chi connectivity index (χ4v) is 1.77. The van der Waals surface area contributed by atoms with Crippen molar-refractivity contribution >= 4 is 8.07 Å². The smallest absolute Gasteiger partial charge is 0.255 e. The number of nitrogens with zero attached hydrogens (tertiary/aromatic N) is 2. The van der Waals surface area contributed by atoms with E-state index >= 15 is 0 Å². The Bertz CT molecular complexity index is 357. The van der Waals surface area contributed by atoms with Crippen LogP contribution < -0.4 is 5.56 Å². The third kappa shape index (κ3) is 4.90. The lowest BCUT2D eigenvalue weighted by Crippen LogP contribution is -2.24. The minimum atomic E-state index is -1.04. The molecule has 0 aromatic carbocycles. The van der Waals surface area contributed by atoms with Crippen molar-refractivity contribution in [3.05, 3.63) is 28.9 Å². The highest BCUT2D eigenvalue weighted by Gasteiger charge is 2.11. The quantitative estimate of drug-likeness (QED) is 0.565. The Hall–Kier alpha value is -0.943. The van der Waals surface area contributed by atoms with E-state index in [0.717, 1.165) is 12.7 Å². The standard InChI is InChI=1S/C10H18N2O2Si/c1-15(2,3)7-6-14-9-12-8-11-5-4-10(12)13/h4-5,8H,6-7,9H2,1-3H3. The summed E-state index contributed by atoms with van der Waals surface area (Å²) in [5, 5.41) is 0. The molecule has 0 amide bonds. The van der Waals surface area contributed by atoms with Gasteiger partial charge in [0.15, 0.2) is 0 Å². The molecule has 0 fully saturated rings. The number of ether oxygens (including phenoxy) is 1. The second kappa shape index (κ2) is 5.23. The minimum Gasteiger partial charge on any atom is -0.361 e. The number of hydrogen-bond donors (Lipinski definition) is 0. The molecule has 0 saturated carbocycles. The Kier molecular flexibility index (Phi) is 4.23. The molecule has 4 nitrogen and oxygen atoms in total. The predicted octanol–water partition coefficient (Wildman–Crippen LogP) is 1.56.